The normalized spacial score (nSPS) is 14.6. The second-order valence-electron chi connectivity index (χ2n) is 6.19. The number of nitrogens with zero attached hydrogens (tertiary/aromatic N) is 1. The van der Waals surface area contributed by atoms with Gasteiger partial charge in [0.05, 0.1) is 24.7 Å². The van der Waals surface area contributed by atoms with E-state index in [-0.39, 0.29) is 12.1 Å². The summed E-state index contributed by atoms with van der Waals surface area (Å²) in [5.74, 6) is 1.29. The Morgan fingerprint density at radius 2 is 1.92 bits per heavy atom. The SMILES string of the molecule is COc1ccccc1Nc1ccc(NC(=O)NC2CCCCC2)nc1. The predicted molar refractivity (Wildman–Crippen MR) is 99.5 cm³/mol. The Kier molecular flexibility index (Phi) is 5.72. The van der Waals surface area contributed by atoms with Crippen molar-refractivity contribution in [2.75, 3.05) is 17.7 Å². The zero-order chi connectivity index (χ0) is 17.5. The number of carbonyl (C=O) groups excluding carboxylic acids is 1. The summed E-state index contributed by atoms with van der Waals surface area (Å²) in [7, 11) is 1.64. The first kappa shape index (κ1) is 17.1. The van der Waals surface area contributed by atoms with Gasteiger partial charge in [-0.15, -0.1) is 0 Å². The van der Waals surface area contributed by atoms with Gasteiger partial charge in [-0.1, -0.05) is 31.4 Å². The van der Waals surface area contributed by atoms with Crippen molar-refractivity contribution < 1.29 is 9.53 Å². The first-order valence-electron chi connectivity index (χ1n) is 8.68. The van der Waals surface area contributed by atoms with Crippen molar-refractivity contribution in [3.05, 3.63) is 42.6 Å². The fourth-order valence-corrected chi connectivity index (χ4v) is 3.03. The second-order valence-corrected chi connectivity index (χ2v) is 6.19. The number of ether oxygens (including phenoxy) is 1. The molecule has 3 rings (SSSR count). The molecule has 6 nitrogen and oxygen atoms in total. The van der Waals surface area contributed by atoms with Gasteiger partial charge >= 0.3 is 6.03 Å². The largest absolute Gasteiger partial charge is 0.495 e. The van der Waals surface area contributed by atoms with Crippen molar-refractivity contribution in [2.45, 2.75) is 38.1 Å². The van der Waals surface area contributed by atoms with Crippen LogP contribution >= 0.6 is 0 Å². The van der Waals surface area contributed by atoms with Gasteiger partial charge in [-0.3, -0.25) is 5.32 Å². The number of hydrogen-bond acceptors (Lipinski definition) is 4. The minimum absolute atomic E-state index is 0.190. The minimum atomic E-state index is -0.190. The summed E-state index contributed by atoms with van der Waals surface area (Å²) in [5.41, 5.74) is 1.69. The molecule has 1 aliphatic rings. The van der Waals surface area contributed by atoms with Crippen LogP contribution in [0, 0.1) is 0 Å². The Balaban J connectivity index is 1.55. The molecule has 132 valence electrons. The molecule has 1 fully saturated rings. The van der Waals surface area contributed by atoms with Crippen molar-refractivity contribution in [1.82, 2.24) is 10.3 Å². The van der Waals surface area contributed by atoms with Crippen LogP contribution in [0.5, 0.6) is 5.75 Å². The summed E-state index contributed by atoms with van der Waals surface area (Å²) in [6, 6.07) is 11.4. The zero-order valence-electron chi connectivity index (χ0n) is 14.4. The second kappa shape index (κ2) is 8.37. The zero-order valence-corrected chi connectivity index (χ0v) is 14.4. The fraction of sp³-hybridized carbons (Fsp3) is 0.368. The van der Waals surface area contributed by atoms with E-state index in [1.165, 1.54) is 19.3 Å². The molecule has 0 saturated heterocycles. The predicted octanol–water partition coefficient (Wildman–Crippen LogP) is 4.29. The van der Waals surface area contributed by atoms with Crippen LogP contribution in [0.3, 0.4) is 0 Å². The highest BCUT2D eigenvalue weighted by molar-refractivity contribution is 5.88. The molecule has 1 aliphatic carbocycles. The maximum Gasteiger partial charge on any atom is 0.320 e. The number of rotatable bonds is 5. The summed E-state index contributed by atoms with van der Waals surface area (Å²) in [5, 5.41) is 9.06. The topological polar surface area (TPSA) is 75.3 Å². The van der Waals surface area contributed by atoms with Gasteiger partial charge in [0.2, 0.25) is 0 Å². The molecule has 0 aliphatic heterocycles. The molecule has 0 atom stereocenters. The summed E-state index contributed by atoms with van der Waals surface area (Å²) >= 11 is 0. The van der Waals surface area contributed by atoms with Crippen LogP contribution in [0.4, 0.5) is 22.0 Å². The molecule has 0 spiro atoms. The Labute approximate surface area is 148 Å². The number of benzene rings is 1. The third kappa shape index (κ3) is 4.86. The van der Waals surface area contributed by atoms with Gasteiger partial charge in [0.15, 0.2) is 0 Å². The van der Waals surface area contributed by atoms with Gasteiger partial charge in [0, 0.05) is 6.04 Å². The summed E-state index contributed by atoms with van der Waals surface area (Å²) in [6.07, 6.45) is 7.44. The van der Waals surface area contributed by atoms with Crippen molar-refractivity contribution in [1.29, 1.82) is 0 Å². The number of para-hydroxylation sites is 2. The van der Waals surface area contributed by atoms with E-state index in [4.69, 9.17) is 4.74 Å². The number of methoxy groups -OCH3 is 1. The average molecular weight is 340 g/mol. The Bertz CT molecular complexity index is 697. The molecule has 1 saturated carbocycles. The number of amides is 2. The Hall–Kier alpha value is -2.76. The third-order valence-corrected chi connectivity index (χ3v) is 4.33. The summed E-state index contributed by atoms with van der Waals surface area (Å²) in [4.78, 5) is 16.3. The van der Waals surface area contributed by atoms with Crippen LogP contribution in [0.2, 0.25) is 0 Å². The van der Waals surface area contributed by atoms with Gasteiger partial charge in [-0.25, -0.2) is 9.78 Å². The van der Waals surface area contributed by atoms with Crippen molar-refractivity contribution in [3.8, 4) is 5.75 Å². The van der Waals surface area contributed by atoms with Crippen LogP contribution in [-0.4, -0.2) is 24.2 Å². The first-order chi connectivity index (χ1) is 12.2. The van der Waals surface area contributed by atoms with E-state index >= 15 is 0 Å². The van der Waals surface area contributed by atoms with Crippen molar-refractivity contribution in [2.24, 2.45) is 0 Å². The molecule has 0 bridgehead atoms. The third-order valence-electron chi connectivity index (χ3n) is 4.33. The lowest BCUT2D eigenvalue weighted by Crippen LogP contribution is -2.39. The lowest BCUT2D eigenvalue weighted by atomic mass is 9.96. The number of urea groups is 1. The lowest BCUT2D eigenvalue weighted by Gasteiger charge is -2.22. The molecule has 2 aromatic rings. The number of aromatic nitrogens is 1. The van der Waals surface area contributed by atoms with Crippen molar-refractivity contribution >= 4 is 23.2 Å². The smallest absolute Gasteiger partial charge is 0.320 e. The van der Waals surface area contributed by atoms with Crippen molar-refractivity contribution in [3.63, 3.8) is 0 Å². The number of pyridine rings is 1. The van der Waals surface area contributed by atoms with Gasteiger partial charge in [0.1, 0.15) is 11.6 Å². The molecule has 0 radical (unpaired) electrons. The molecule has 3 N–H and O–H groups in total. The molecular formula is C19H24N4O2. The van der Waals surface area contributed by atoms with E-state index in [9.17, 15) is 4.79 Å². The standard InChI is InChI=1S/C19H24N4O2/c1-25-17-10-6-5-9-16(17)21-15-11-12-18(20-13-15)23-19(24)22-14-7-3-2-4-8-14/h5-6,9-14,21H,2-4,7-8H2,1H3,(H2,20,22,23,24). The maximum absolute atomic E-state index is 12.0. The number of carbonyl (C=O) groups is 1. The number of anilines is 3. The highest BCUT2D eigenvalue weighted by Crippen LogP contribution is 2.26. The highest BCUT2D eigenvalue weighted by atomic mass is 16.5. The van der Waals surface area contributed by atoms with Crippen LogP contribution < -0.4 is 20.7 Å². The molecular weight excluding hydrogens is 316 g/mol. The molecule has 6 heteroatoms. The van der Waals surface area contributed by atoms with Gasteiger partial charge in [-0.05, 0) is 37.1 Å². The van der Waals surface area contributed by atoms with E-state index < -0.39 is 0 Å². The molecule has 25 heavy (non-hydrogen) atoms. The van der Waals surface area contributed by atoms with Gasteiger partial charge in [0.25, 0.3) is 0 Å². The van der Waals surface area contributed by atoms with E-state index in [1.54, 1.807) is 19.4 Å². The monoisotopic (exact) mass is 340 g/mol. The summed E-state index contributed by atoms with van der Waals surface area (Å²) in [6.45, 7) is 0. The number of nitrogens with one attached hydrogen (secondary N) is 3. The fourth-order valence-electron chi connectivity index (χ4n) is 3.03. The van der Waals surface area contributed by atoms with E-state index in [0.717, 1.165) is 30.0 Å². The summed E-state index contributed by atoms with van der Waals surface area (Å²) < 4.78 is 5.32. The van der Waals surface area contributed by atoms with E-state index in [2.05, 4.69) is 20.9 Å². The van der Waals surface area contributed by atoms with Gasteiger partial charge in [-0.2, -0.15) is 0 Å². The van der Waals surface area contributed by atoms with Crippen LogP contribution in [0.15, 0.2) is 42.6 Å². The molecule has 1 aromatic carbocycles. The lowest BCUT2D eigenvalue weighted by molar-refractivity contribution is 0.244. The number of hydrogen-bond donors (Lipinski definition) is 3. The minimum Gasteiger partial charge on any atom is -0.495 e. The molecule has 1 heterocycles. The van der Waals surface area contributed by atoms with Crippen LogP contribution in [0.1, 0.15) is 32.1 Å². The maximum atomic E-state index is 12.0. The molecule has 2 amide bonds. The van der Waals surface area contributed by atoms with Gasteiger partial charge < -0.3 is 15.4 Å². The molecule has 1 aromatic heterocycles. The van der Waals surface area contributed by atoms with Crippen LogP contribution in [0.25, 0.3) is 0 Å². The highest BCUT2D eigenvalue weighted by Gasteiger charge is 2.15. The first-order valence-corrected chi connectivity index (χ1v) is 8.68. The van der Waals surface area contributed by atoms with E-state index in [0.29, 0.717) is 5.82 Å². The Morgan fingerprint density at radius 1 is 1.12 bits per heavy atom. The Morgan fingerprint density at radius 3 is 2.64 bits per heavy atom. The molecule has 0 unspecified atom stereocenters. The average Bonchev–Trinajstić information content (AvgIpc) is 2.64. The quantitative estimate of drug-likeness (QED) is 0.759. The van der Waals surface area contributed by atoms with E-state index in [1.807, 2.05) is 30.3 Å². The van der Waals surface area contributed by atoms with Crippen LogP contribution in [-0.2, 0) is 0 Å².